The second kappa shape index (κ2) is 15.7. The van der Waals surface area contributed by atoms with E-state index in [-0.39, 0.29) is 41.3 Å². The Morgan fingerprint density at radius 1 is 0.900 bits per heavy atom. The summed E-state index contributed by atoms with van der Waals surface area (Å²) in [5.41, 5.74) is 2.04. The first-order chi connectivity index (χ1) is 22.9. The van der Waals surface area contributed by atoms with Gasteiger partial charge in [-0.1, -0.05) is 74.3 Å². The molecule has 3 aromatic carbocycles. The minimum atomic E-state index is -4.60. The van der Waals surface area contributed by atoms with Gasteiger partial charge in [-0.05, 0) is 58.5 Å². The maximum atomic E-state index is 14.7. The quantitative estimate of drug-likeness (QED) is 0.232. The average molecular weight is 776 g/mol. The predicted octanol–water partition coefficient (Wildman–Crippen LogP) is 7.98. The fourth-order valence-corrected chi connectivity index (χ4v) is 6.76. The van der Waals surface area contributed by atoms with Crippen LogP contribution in [-0.4, -0.2) is 92.5 Å². The van der Waals surface area contributed by atoms with Gasteiger partial charge in [0.15, 0.2) is 6.61 Å². The third-order valence-corrected chi connectivity index (χ3v) is 10.0. The van der Waals surface area contributed by atoms with Crippen molar-refractivity contribution in [1.29, 1.82) is 0 Å². The molecule has 15 heteroatoms. The average Bonchev–Trinajstić information content (AvgIpc) is 3.42. The number of piperazine rings is 1. The van der Waals surface area contributed by atoms with Gasteiger partial charge < -0.3 is 9.64 Å². The van der Waals surface area contributed by atoms with Crippen LogP contribution < -0.4 is 4.74 Å². The largest absolute Gasteiger partial charge is 0.483 e. The first kappa shape index (κ1) is 39.8. The number of alkyl halides is 3. The molecule has 50 heavy (non-hydrogen) atoms. The van der Waals surface area contributed by atoms with Gasteiger partial charge in [0.25, 0.3) is 0 Å². The van der Waals surface area contributed by atoms with Gasteiger partial charge in [-0.3, -0.25) is 14.8 Å². The van der Waals surface area contributed by atoms with Crippen molar-refractivity contribution < 1.29 is 31.1 Å². The third kappa shape index (κ3) is 9.85. The Balaban J connectivity index is 0.00000562. The van der Waals surface area contributed by atoms with Crippen molar-refractivity contribution in [3.8, 4) is 5.75 Å². The molecule has 0 aliphatic carbocycles. The van der Waals surface area contributed by atoms with Crippen LogP contribution in [0.1, 0.15) is 55.1 Å². The Morgan fingerprint density at radius 2 is 1.46 bits per heavy atom. The van der Waals surface area contributed by atoms with Crippen LogP contribution in [0.2, 0.25) is 10.0 Å². The van der Waals surface area contributed by atoms with Crippen LogP contribution in [0, 0.1) is 0 Å². The summed E-state index contributed by atoms with van der Waals surface area (Å²) in [4.78, 5) is 25.0. The zero-order valence-electron chi connectivity index (χ0n) is 28.1. The molecule has 272 valence electrons. The molecule has 0 radical (unpaired) electrons. The number of rotatable bonds is 8. The molecule has 2 aliphatic rings. The molecule has 0 saturated carbocycles. The van der Waals surface area contributed by atoms with Gasteiger partial charge in [0.2, 0.25) is 0 Å². The SMILES string of the molecule is CC(C)(C)c1ccc(C2=N[C@@H](c3ccc(Cl)cc3)[C@@H](c3ccc(Cl)cc3)N2C(=O)N2CCN(CCS(C)(=O)=O)CC2)c(OCC(F)(F)F)c1.Cl. The molecule has 0 aromatic heterocycles. The molecular weight excluding hydrogens is 736 g/mol. The molecule has 0 unspecified atom stereocenters. The van der Waals surface area contributed by atoms with Crippen molar-refractivity contribution in [1.82, 2.24) is 14.7 Å². The van der Waals surface area contributed by atoms with Crippen molar-refractivity contribution in [2.24, 2.45) is 4.99 Å². The number of hydrogen-bond acceptors (Lipinski definition) is 6. The van der Waals surface area contributed by atoms with Crippen molar-refractivity contribution >= 4 is 57.3 Å². The van der Waals surface area contributed by atoms with Crippen molar-refractivity contribution in [3.63, 3.8) is 0 Å². The first-order valence-electron chi connectivity index (χ1n) is 15.8. The van der Waals surface area contributed by atoms with E-state index >= 15 is 0 Å². The molecule has 2 atom stereocenters. The highest BCUT2D eigenvalue weighted by Gasteiger charge is 2.45. The van der Waals surface area contributed by atoms with Gasteiger partial charge in [0.1, 0.15) is 27.5 Å². The number of aliphatic imine (C=N–C) groups is 1. The van der Waals surface area contributed by atoms with Gasteiger partial charge >= 0.3 is 12.2 Å². The molecule has 2 amide bonds. The molecule has 8 nitrogen and oxygen atoms in total. The van der Waals surface area contributed by atoms with Crippen LogP contribution in [0.3, 0.4) is 0 Å². The fraction of sp³-hybridized carbons (Fsp3) is 0.429. The number of nitrogens with zero attached hydrogens (tertiary/aromatic N) is 4. The lowest BCUT2D eigenvalue weighted by molar-refractivity contribution is -0.153. The standard InChI is InChI=1S/C35H39Cl2F3N4O4S.ClH/c1-34(2,3)25-9-14-28(29(21-25)48-22-35(38,39)40)32-41-30(23-5-10-26(36)11-6-23)31(24-7-12-27(37)13-8-24)44(32)33(45)43-17-15-42(16-18-43)19-20-49(4,46)47;/h5-14,21,30-31H,15-20,22H2,1-4H3;1H/t30-,31+;/m0./s1. The Hall–Kier alpha value is -3.03. The highest BCUT2D eigenvalue weighted by Crippen LogP contribution is 2.46. The predicted molar refractivity (Wildman–Crippen MR) is 194 cm³/mol. The summed E-state index contributed by atoms with van der Waals surface area (Å²) in [5.74, 6) is 0.136. The molecule has 0 spiro atoms. The van der Waals surface area contributed by atoms with Crippen LogP contribution in [0.15, 0.2) is 71.7 Å². The Morgan fingerprint density at radius 3 is 1.98 bits per heavy atom. The molecular formula is C35H40Cl3F3N4O4S. The number of hydrogen-bond donors (Lipinski definition) is 0. The van der Waals surface area contributed by atoms with Crippen LogP contribution in [0.5, 0.6) is 5.75 Å². The fourth-order valence-electron chi connectivity index (χ4n) is 5.92. The van der Waals surface area contributed by atoms with Gasteiger partial charge in [-0.2, -0.15) is 13.2 Å². The van der Waals surface area contributed by atoms with Crippen LogP contribution in [0.25, 0.3) is 0 Å². The summed E-state index contributed by atoms with van der Waals surface area (Å²) < 4.78 is 69.6. The molecule has 2 aliphatic heterocycles. The Bertz CT molecular complexity index is 1790. The van der Waals surface area contributed by atoms with E-state index in [2.05, 4.69) is 0 Å². The van der Waals surface area contributed by atoms with Crippen molar-refractivity contribution in [2.45, 2.75) is 44.4 Å². The van der Waals surface area contributed by atoms with Crippen molar-refractivity contribution in [2.75, 3.05) is 51.3 Å². The molecule has 3 aromatic rings. The summed E-state index contributed by atoms with van der Waals surface area (Å²) in [6, 6.07) is 17.4. The lowest BCUT2D eigenvalue weighted by atomic mass is 9.86. The number of halogens is 6. The normalized spacial score (nSPS) is 18.9. The summed E-state index contributed by atoms with van der Waals surface area (Å²) >= 11 is 12.5. The summed E-state index contributed by atoms with van der Waals surface area (Å²) in [6.45, 7) is 6.19. The molecule has 1 fully saturated rings. The summed E-state index contributed by atoms with van der Waals surface area (Å²) in [6.07, 6.45) is -3.41. The molecule has 0 N–H and O–H groups in total. The summed E-state index contributed by atoms with van der Waals surface area (Å²) in [5, 5.41) is 1.01. The number of benzene rings is 3. The van der Waals surface area contributed by atoms with Crippen LogP contribution in [0.4, 0.5) is 18.0 Å². The lowest BCUT2D eigenvalue weighted by Gasteiger charge is -2.39. The van der Waals surface area contributed by atoms with Crippen LogP contribution >= 0.6 is 35.6 Å². The lowest BCUT2D eigenvalue weighted by Crippen LogP contribution is -2.54. The van der Waals surface area contributed by atoms with E-state index in [1.807, 2.05) is 56.0 Å². The monoisotopic (exact) mass is 774 g/mol. The van der Waals surface area contributed by atoms with E-state index < -0.39 is 40.1 Å². The van der Waals surface area contributed by atoms with E-state index in [1.54, 1.807) is 46.2 Å². The number of sulfone groups is 1. The van der Waals surface area contributed by atoms with E-state index in [4.69, 9.17) is 32.9 Å². The van der Waals surface area contributed by atoms with Gasteiger partial charge in [-0.15, -0.1) is 12.4 Å². The number of amides is 2. The number of carbonyl (C=O) groups is 1. The van der Waals surface area contributed by atoms with E-state index in [9.17, 15) is 26.4 Å². The molecule has 2 heterocycles. The highest BCUT2D eigenvalue weighted by atomic mass is 35.5. The summed E-state index contributed by atoms with van der Waals surface area (Å²) in [7, 11) is -3.16. The second-order valence-corrected chi connectivity index (χ2v) is 16.6. The molecule has 1 saturated heterocycles. The van der Waals surface area contributed by atoms with E-state index in [1.165, 1.54) is 6.26 Å². The number of urea groups is 1. The maximum absolute atomic E-state index is 14.7. The number of amidine groups is 1. The smallest absolute Gasteiger partial charge is 0.422 e. The van der Waals surface area contributed by atoms with E-state index in [0.29, 0.717) is 48.3 Å². The Kier molecular flexibility index (Phi) is 12.5. The minimum absolute atomic E-state index is 0. The minimum Gasteiger partial charge on any atom is -0.483 e. The number of carbonyl (C=O) groups excluding carboxylic acids is 1. The second-order valence-electron chi connectivity index (χ2n) is 13.4. The first-order valence-corrected chi connectivity index (χ1v) is 18.6. The van der Waals surface area contributed by atoms with Gasteiger partial charge in [-0.25, -0.2) is 13.2 Å². The zero-order valence-corrected chi connectivity index (χ0v) is 31.2. The van der Waals surface area contributed by atoms with E-state index in [0.717, 1.165) is 11.1 Å². The van der Waals surface area contributed by atoms with Crippen LogP contribution in [-0.2, 0) is 15.3 Å². The third-order valence-electron chi connectivity index (χ3n) is 8.60. The zero-order chi connectivity index (χ0) is 35.7. The van der Waals surface area contributed by atoms with Gasteiger partial charge in [0.05, 0.1) is 17.4 Å². The van der Waals surface area contributed by atoms with Gasteiger partial charge in [0, 0.05) is 49.0 Å². The molecule has 0 bridgehead atoms. The maximum Gasteiger partial charge on any atom is 0.422 e. The number of ether oxygens (including phenoxy) is 1. The Labute approximate surface area is 307 Å². The van der Waals surface area contributed by atoms with Crippen molar-refractivity contribution in [3.05, 3.63) is 99.0 Å². The topological polar surface area (TPSA) is 82.5 Å². The highest BCUT2D eigenvalue weighted by molar-refractivity contribution is 7.90. The molecule has 5 rings (SSSR count).